The number of hydrogen-bond acceptors (Lipinski definition) is 6. The summed E-state index contributed by atoms with van der Waals surface area (Å²) in [5, 5.41) is 17.5. The van der Waals surface area contributed by atoms with Gasteiger partial charge in [0.05, 0.1) is 11.4 Å². The standard InChI is InChI=1S/C19H26N6O2S/c1-12-8-13(2)10-15(9-12)25-19(22-23-24-25)28-11-17(26)21-18(27)20-16-7-5-4-6-14(16)3/h8-10,14,16H,4-7,11H2,1-3H3,(H2,20,21,26,27)/t14-,16+/m0/s1. The fourth-order valence-corrected chi connectivity index (χ4v) is 4.22. The zero-order valence-corrected chi connectivity index (χ0v) is 17.3. The lowest BCUT2D eigenvalue weighted by Gasteiger charge is -2.29. The van der Waals surface area contributed by atoms with Crippen LogP contribution in [0.3, 0.4) is 0 Å². The van der Waals surface area contributed by atoms with Gasteiger partial charge in [-0.2, -0.15) is 4.68 Å². The minimum absolute atomic E-state index is 0.0544. The first-order valence-corrected chi connectivity index (χ1v) is 10.5. The minimum atomic E-state index is -0.432. The van der Waals surface area contributed by atoms with Crippen molar-refractivity contribution in [3.05, 3.63) is 29.3 Å². The highest BCUT2D eigenvalue weighted by atomic mass is 32.2. The van der Waals surface area contributed by atoms with Crippen LogP contribution in [0.2, 0.25) is 0 Å². The zero-order chi connectivity index (χ0) is 20.1. The van der Waals surface area contributed by atoms with E-state index in [0.717, 1.165) is 36.1 Å². The molecule has 3 rings (SSSR count). The van der Waals surface area contributed by atoms with Crippen LogP contribution in [0.25, 0.3) is 5.69 Å². The molecule has 8 nitrogen and oxygen atoms in total. The van der Waals surface area contributed by atoms with Crippen LogP contribution in [-0.2, 0) is 4.79 Å². The van der Waals surface area contributed by atoms with Crippen LogP contribution in [-0.4, -0.2) is 43.9 Å². The summed E-state index contributed by atoms with van der Waals surface area (Å²) < 4.78 is 1.60. The maximum atomic E-state index is 12.2. The number of imide groups is 1. The summed E-state index contributed by atoms with van der Waals surface area (Å²) in [6.07, 6.45) is 4.38. The number of nitrogens with one attached hydrogen (secondary N) is 2. The number of tetrazole rings is 1. The van der Waals surface area contributed by atoms with Gasteiger partial charge in [0, 0.05) is 6.04 Å². The number of hydrogen-bond donors (Lipinski definition) is 2. The summed E-state index contributed by atoms with van der Waals surface area (Å²) in [5.41, 5.74) is 3.05. The molecule has 150 valence electrons. The molecule has 0 radical (unpaired) electrons. The first-order valence-electron chi connectivity index (χ1n) is 9.52. The number of aryl methyl sites for hydroxylation is 2. The van der Waals surface area contributed by atoms with Crippen molar-refractivity contribution in [3.8, 4) is 5.69 Å². The van der Waals surface area contributed by atoms with Crippen molar-refractivity contribution < 1.29 is 9.59 Å². The average molecular weight is 403 g/mol. The molecule has 1 aliphatic rings. The van der Waals surface area contributed by atoms with Crippen LogP contribution >= 0.6 is 11.8 Å². The Morgan fingerprint density at radius 1 is 1.18 bits per heavy atom. The van der Waals surface area contributed by atoms with Gasteiger partial charge in [0.25, 0.3) is 0 Å². The second kappa shape index (κ2) is 9.18. The molecule has 0 bridgehead atoms. The van der Waals surface area contributed by atoms with E-state index in [1.54, 1.807) is 4.68 Å². The molecule has 2 atom stereocenters. The number of amides is 3. The molecule has 0 unspecified atom stereocenters. The highest BCUT2D eigenvalue weighted by Gasteiger charge is 2.23. The number of carbonyl (C=O) groups is 2. The predicted molar refractivity (Wildman–Crippen MR) is 107 cm³/mol. The second-order valence-corrected chi connectivity index (χ2v) is 8.34. The topological polar surface area (TPSA) is 102 Å². The van der Waals surface area contributed by atoms with Crippen molar-refractivity contribution in [1.82, 2.24) is 30.8 Å². The molecule has 28 heavy (non-hydrogen) atoms. The van der Waals surface area contributed by atoms with E-state index in [-0.39, 0.29) is 17.7 Å². The average Bonchev–Trinajstić information content (AvgIpc) is 3.10. The largest absolute Gasteiger partial charge is 0.335 e. The molecule has 9 heteroatoms. The minimum Gasteiger partial charge on any atom is -0.335 e. The van der Waals surface area contributed by atoms with E-state index in [1.807, 2.05) is 26.0 Å². The van der Waals surface area contributed by atoms with E-state index >= 15 is 0 Å². The molecule has 0 aliphatic heterocycles. The lowest BCUT2D eigenvalue weighted by Crippen LogP contribution is -2.48. The van der Waals surface area contributed by atoms with Crippen LogP contribution in [0.4, 0.5) is 4.79 Å². The molecule has 1 saturated carbocycles. The van der Waals surface area contributed by atoms with Crippen molar-refractivity contribution in [2.24, 2.45) is 5.92 Å². The number of benzene rings is 1. The van der Waals surface area contributed by atoms with E-state index in [2.05, 4.69) is 39.1 Å². The van der Waals surface area contributed by atoms with Gasteiger partial charge in [-0.3, -0.25) is 10.1 Å². The molecular weight excluding hydrogens is 376 g/mol. The highest BCUT2D eigenvalue weighted by Crippen LogP contribution is 2.23. The Kier molecular flexibility index (Phi) is 6.66. The van der Waals surface area contributed by atoms with Crippen molar-refractivity contribution in [1.29, 1.82) is 0 Å². The van der Waals surface area contributed by atoms with Crippen molar-refractivity contribution >= 4 is 23.7 Å². The summed E-state index contributed by atoms with van der Waals surface area (Å²) in [7, 11) is 0. The van der Waals surface area contributed by atoms with Gasteiger partial charge >= 0.3 is 6.03 Å². The van der Waals surface area contributed by atoms with Gasteiger partial charge in [-0.25, -0.2) is 4.79 Å². The molecular formula is C19H26N6O2S. The third kappa shape index (κ3) is 5.31. The Hall–Kier alpha value is -2.42. The third-order valence-corrected chi connectivity index (χ3v) is 5.82. The molecule has 1 aliphatic carbocycles. The van der Waals surface area contributed by atoms with Crippen molar-refractivity contribution in [3.63, 3.8) is 0 Å². The Morgan fingerprint density at radius 3 is 2.61 bits per heavy atom. The molecule has 1 aromatic heterocycles. The van der Waals surface area contributed by atoms with Crippen LogP contribution in [0, 0.1) is 19.8 Å². The molecule has 2 N–H and O–H groups in total. The zero-order valence-electron chi connectivity index (χ0n) is 16.4. The Bertz CT molecular complexity index is 832. The molecule has 0 saturated heterocycles. The smallest absolute Gasteiger partial charge is 0.321 e. The first-order chi connectivity index (χ1) is 13.4. The summed E-state index contributed by atoms with van der Waals surface area (Å²) >= 11 is 1.19. The Morgan fingerprint density at radius 2 is 1.89 bits per heavy atom. The van der Waals surface area contributed by atoms with Crippen LogP contribution in [0.5, 0.6) is 0 Å². The molecule has 1 fully saturated rings. The summed E-state index contributed by atoms with van der Waals surface area (Å²) in [4.78, 5) is 24.3. The van der Waals surface area contributed by atoms with Gasteiger partial charge < -0.3 is 5.32 Å². The Balaban J connectivity index is 1.54. The van der Waals surface area contributed by atoms with Crippen LogP contribution < -0.4 is 10.6 Å². The van der Waals surface area contributed by atoms with Gasteiger partial charge in [0.1, 0.15) is 0 Å². The van der Waals surface area contributed by atoms with Gasteiger partial charge in [0.2, 0.25) is 11.1 Å². The quantitative estimate of drug-likeness (QED) is 0.746. The normalized spacial score (nSPS) is 19.2. The number of thioether (sulfide) groups is 1. The van der Waals surface area contributed by atoms with Gasteiger partial charge in [-0.15, -0.1) is 5.10 Å². The number of aromatic nitrogens is 4. The van der Waals surface area contributed by atoms with E-state index in [0.29, 0.717) is 11.1 Å². The number of rotatable bonds is 5. The lowest BCUT2D eigenvalue weighted by molar-refractivity contribution is -0.117. The number of nitrogens with zero attached hydrogens (tertiary/aromatic N) is 4. The van der Waals surface area contributed by atoms with Gasteiger partial charge in [0.15, 0.2) is 0 Å². The van der Waals surface area contributed by atoms with Crippen LogP contribution in [0.15, 0.2) is 23.4 Å². The van der Waals surface area contributed by atoms with E-state index in [9.17, 15) is 9.59 Å². The molecule has 0 spiro atoms. The summed E-state index contributed by atoms with van der Waals surface area (Å²) in [6, 6.07) is 5.72. The maximum absolute atomic E-state index is 12.2. The number of carbonyl (C=O) groups excluding carboxylic acids is 2. The fourth-order valence-electron chi connectivity index (χ4n) is 3.53. The van der Waals surface area contributed by atoms with Gasteiger partial charge in [-0.05, 0) is 66.3 Å². The monoisotopic (exact) mass is 402 g/mol. The van der Waals surface area contributed by atoms with Crippen molar-refractivity contribution in [2.75, 3.05) is 5.75 Å². The van der Waals surface area contributed by atoms with Crippen molar-refractivity contribution in [2.45, 2.75) is 57.7 Å². The molecule has 1 heterocycles. The first kappa shape index (κ1) is 20.3. The predicted octanol–water partition coefficient (Wildman–Crippen LogP) is 2.78. The van der Waals surface area contributed by atoms with E-state index in [1.165, 1.54) is 18.2 Å². The molecule has 2 aromatic rings. The lowest BCUT2D eigenvalue weighted by atomic mass is 9.86. The SMILES string of the molecule is Cc1cc(C)cc(-n2nnnc2SCC(=O)NC(=O)N[C@@H]2CCCC[C@@H]2C)c1. The van der Waals surface area contributed by atoms with Gasteiger partial charge in [-0.1, -0.05) is 37.6 Å². The van der Waals surface area contributed by atoms with Crippen LogP contribution in [0.1, 0.15) is 43.7 Å². The highest BCUT2D eigenvalue weighted by molar-refractivity contribution is 7.99. The maximum Gasteiger partial charge on any atom is 0.321 e. The molecule has 3 amide bonds. The second-order valence-electron chi connectivity index (χ2n) is 7.40. The third-order valence-electron chi connectivity index (χ3n) is 4.91. The Labute approximate surface area is 168 Å². The fraction of sp³-hybridized carbons (Fsp3) is 0.526. The number of urea groups is 1. The summed E-state index contributed by atoms with van der Waals surface area (Å²) in [5.74, 6) is 0.117. The van der Waals surface area contributed by atoms with E-state index < -0.39 is 6.03 Å². The summed E-state index contributed by atoms with van der Waals surface area (Å²) in [6.45, 7) is 6.15. The molecule has 1 aromatic carbocycles. The van der Waals surface area contributed by atoms with E-state index in [4.69, 9.17) is 0 Å².